The van der Waals surface area contributed by atoms with E-state index < -0.39 is 10.1 Å². The summed E-state index contributed by atoms with van der Waals surface area (Å²) in [5.74, 6) is 0.00709. The predicted molar refractivity (Wildman–Crippen MR) is 46.5 cm³/mol. The molecule has 0 bridgehead atoms. The molecule has 0 saturated carbocycles. The molecule has 0 saturated heterocycles. The van der Waals surface area contributed by atoms with Crippen molar-refractivity contribution in [1.82, 2.24) is 0 Å². The Balaban J connectivity index is 3.81. The summed E-state index contributed by atoms with van der Waals surface area (Å²) in [6.07, 6.45) is 0.613. The highest BCUT2D eigenvalue weighted by molar-refractivity contribution is 7.86. The number of methoxy groups -OCH3 is 1. The molecule has 0 aromatic heterocycles. The molecule has 0 aliphatic heterocycles. The molecule has 0 heterocycles. The first-order valence-electron chi connectivity index (χ1n) is 3.95. The second kappa shape index (κ2) is 5.50. The third kappa shape index (κ3) is 4.69. The molecular formula is C7H16O4S. The molecular weight excluding hydrogens is 180 g/mol. The van der Waals surface area contributed by atoms with E-state index in [0.29, 0.717) is 0 Å². The van der Waals surface area contributed by atoms with Crippen molar-refractivity contribution in [2.45, 2.75) is 26.4 Å². The monoisotopic (exact) mass is 196 g/mol. The summed E-state index contributed by atoms with van der Waals surface area (Å²) in [5.41, 5.74) is 0. The number of hydrogen-bond donors (Lipinski definition) is 0. The molecule has 0 N–H and O–H groups in total. The highest BCUT2D eigenvalue weighted by Gasteiger charge is 2.11. The lowest BCUT2D eigenvalue weighted by Crippen LogP contribution is -2.20. The topological polar surface area (TPSA) is 52.6 Å². The van der Waals surface area contributed by atoms with Crippen molar-refractivity contribution in [1.29, 1.82) is 0 Å². The fourth-order valence-corrected chi connectivity index (χ4v) is 1.14. The van der Waals surface area contributed by atoms with Crippen LogP contribution < -0.4 is 0 Å². The standard InChI is InChI=1S/C7H16O4S/c1-4-7(10-3)6-11-12(8,9)5-2/h7H,4-6H2,1-3H3. The maximum atomic E-state index is 10.9. The zero-order valence-corrected chi connectivity index (χ0v) is 8.56. The lowest BCUT2D eigenvalue weighted by atomic mass is 10.3. The van der Waals surface area contributed by atoms with Crippen LogP contribution in [0.5, 0.6) is 0 Å². The van der Waals surface area contributed by atoms with Gasteiger partial charge in [-0.15, -0.1) is 0 Å². The van der Waals surface area contributed by atoms with E-state index in [4.69, 9.17) is 4.74 Å². The van der Waals surface area contributed by atoms with Gasteiger partial charge in [-0.05, 0) is 13.3 Å². The highest BCUT2D eigenvalue weighted by Crippen LogP contribution is 2.00. The smallest absolute Gasteiger partial charge is 0.267 e. The van der Waals surface area contributed by atoms with Crippen molar-refractivity contribution in [3.05, 3.63) is 0 Å². The zero-order valence-electron chi connectivity index (χ0n) is 7.74. The normalized spacial score (nSPS) is 14.6. The average molecular weight is 196 g/mol. The molecule has 0 spiro atoms. The Hall–Kier alpha value is -0.130. The summed E-state index contributed by atoms with van der Waals surface area (Å²) in [4.78, 5) is 0. The Morgan fingerprint density at radius 2 is 1.92 bits per heavy atom. The molecule has 0 rings (SSSR count). The lowest BCUT2D eigenvalue weighted by Gasteiger charge is -2.12. The third-order valence-electron chi connectivity index (χ3n) is 1.58. The molecule has 0 radical (unpaired) electrons. The molecule has 5 heteroatoms. The van der Waals surface area contributed by atoms with E-state index in [1.165, 1.54) is 7.11 Å². The second-order valence-electron chi connectivity index (χ2n) is 2.40. The van der Waals surface area contributed by atoms with E-state index in [1.807, 2.05) is 6.92 Å². The summed E-state index contributed by atoms with van der Waals surface area (Å²) in [6, 6.07) is 0. The Morgan fingerprint density at radius 1 is 1.33 bits per heavy atom. The van der Waals surface area contributed by atoms with E-state index in [1.54, 1.807) is 6.92 Å². The van der Waals surface area contributed by atoms with Crippen LogP contribution in [0.3, 0.4) is 0 Å². The Kier molecular flexibility index (Phi) is 5.44. The molecule has 0 fully saturated rings. The second-order valence-corrected chi connectivity index (χ2v) is 4.33. The van der Waals surface area contributed by atoms with Crippen LogP contribution in [0, 0.1) is 0 Å². The van der Waals surface area contributed by atoms with Gasteiger partial charge in [0.05, 0.1) is 18.5 Å². The van der Waals surface area contributed by atoms with Gasteiger partial charge in [-0.2, -0.15) is 8.42 Å². The van der Waals surface area contributed by atoms with E-state index >= 15 is 0 Å². The van der Waals surface area contributed by atoms with Crippen molar-refractivity contribution in [2.24, 2.45) is 0 Å². The molecule has 74 valence electrons. The first-order valence-corrected chi connectivity index (χ1v) is 5.53. The van der Waals surface area contributed by atoms with Gasteiger partial charge in [0.2, 0.25) is 0 Å². The van der Waals surface area contributed by atoms with Crippen LogP contribution in [-0.4, -0.2) is 34.0 Å². The van der Waals surface area contributed by atoms with Crippen LogP contribution in [0.4, 0.5) is 0 Å². The largest absolute Gasteiger partial charge is 0.379 e. The molecule has 1 atom stereocenters. The maximum absolute atomic E-state index is 10.9. The SMILES string of the molecule is CCC(COS(=O)(=O)CC)OC. The van der Waals surface area contributed by atoms with E-state index in [9.17, 15) is 8.42 Å². The Morgan fingerprint density at radius 3 is 2.25 bits per heavy atom. The van der Waals surface area contributed by atoms with E-state index in [-0.39, 0.29) is 18.5 Å². The molecule has 12 heavy (non-hydrogen) atoms. The van der Waals surface area contributed by atoms with Crippen molar-refractivity contribution >= 4 is 10.1 Å². The summed E-state index contributed by atoms with van der Waals surface area (Å²) in [5, 5.41) is 0. The summed E-state index contributed by atoms with van der Waals surface area (Å²) >= 11 is 0. The van der Waals surface area contributed by atoms with Gasteiger partial charge < -0.3 is 4.74 Å². The Labute approximate surface area is 74.0 Å². The quantitative estimate of drug-likeness (QED) is 0.589. The molecule has 0 aliphatic rings. The summed E-state index contributed by atoms with van der Waals surface area (Å²) in [6.45, 7) is 3.57. The van der Waals surface area contributed by atoms with Crippen molar-refractivity contribution < 1.29 is 17.3 Å². The average Bonchev–Trinajstić information content (AvgIpc) is 2.06. The Bertz CT molecular complexity index is 193. The molecule has 1 unspecified atom stereocenters. The summed E-state index contributed by atoms with van der Waals surface area (Å²) in [7, 11) is -1.78. The third-order valence-corrected chi connectivity index (χ3v) is 2.78. The predicted octanol–water partition coefficient (Wildman–Crippen LogP) is 0.778. The van der Waals surface area contributed by atoms with Gasteiger partial charge in [0.1, 0.15) is 0 Å². The van der Waals surface area contributed by atoms with Gasteiger partial charge in [0.25, 0.3) is 10.1 Å². The van der Waals surface area contributed by atoms with Gasteiger partial charge in [-0.1, -0.05) is 6.92 Å². The minimum Gasteiger partial charge on any atom is -0.379 e. The first kappa shape index (κ1) is 11.9. The molecule has 0 amide bonds. The molecule has 0 aromatic rings. The van der Waals surface area contributed by atoms with Gasteiger partial charge in [-0.25, -0.2) is 0 Å². The fourth-order valence-electron chi connectivity index (χ4n) is 0.615. The molecule has 4 nitrogen and oxygen atoms in total. The number of ether oxygens (including phenoxy) is 1. The zero-order chi connectivity index (χ0) is 9.61. The fraction of sp³-hybridized carbons (Fsp3) is 1.00. The van der Waals surface area contributed by atoms with E-state index in [2.05, 4.69) is 4.18 Å². The van der Waals surface area contributed by atoms with Gasteiger partial charge >= 0.3 is 0 Å². The van der Waals surface area contributed by atoms with Crippen molar-refractivity contribution in [3.63, 3.8) is 0 Å². The highest BCUT2D eigenvalue weighted by atomic mass is 32.2. The van der Waals surface area contributed by atoms with Crippen molar-refractivity contribution in [3.8, 4) is 0 Å². The lowest BCUT2D eigenvalue weighted by molar-refractivity contribution is 0.0578. The van der Waals surface area contributed by atoms with Crippen LogP contribution in [0.2, 0.25) is 0 Å². The van der Waals surface area contributed by atoms with Crippen LogP contribution in [0.15, 0.2) is 0 Å². The first-order chi connectivity index (χ1) is 5.55. The summed E-state index contributed by atoms with van der Waals surface area (Å²) < 4.78 is 31.3. The maximum Gasteiger partial charge on any atom is 0.267 e. The number of rotatable bonds is 6. The van der Waals surface area contributed by atoms with Crippen LogP contribution in [0.1, 0.15) is 20.3 Å². The molecule has 0 aromatic carbocycles. The van der Waals surface area contributed by atoms with Crippen molar-refractivity contribution in [2.75, 3.05) is 19.5 Å². The molecule has 0 aliphatic carbocycles. The van der Waals surface area contributed by atoms with Crippen LogP contribution in [0.25, 0.3) is 0 Å². The van der Waals surface area contributed by atoms with Gasteiger partial charge in [-0.3, -0.25) is 4.18 Å². The van der Waals surface area contributed by atoms with Crippen LogP contribution >= 0.6 is 0 Å². The van der Waals surface area contributed by atoms with E-state index in [0.717, 1.165) is 6.42 Å². The van der Waals surface area contributed by atoms with Gasteiger partial charge in [0, 0.05) is 7.11 Å². The number of hydrogen-bond acceptors (Lipinski definition) is 4. The van der Waals surface area contributed by atoms with Crippen LogP contribution in [-0.2, 0) is 19.0 Å². The minimum atomic E-state index is -3.31. The minimum absolute atomic E-state index is 0.00709. The van der Waals surface area contributed by atoms with Gasteiger partial charge in [0.15, 0.2) is 0 Å².